The summed E-state index contributed by atoms with van der Waals surface area (Å²) in [5, 5.41) is 12.4. The van der Waals surface area contributed by atoms with Gasteiger partial charge in [-0.15, -0.1) is 0 Å². The Bertz CT molecular complexity index is 632. The highest BCUT2D eigenvalue weighted by molar-refractivity contribution is 5.56. The van der Waals surface area contributed by atoms with Gasteiger partial charge in [0.1, 0.15) is 11.6 Å². The fraction of sp³-hybridized carbons (Fsp3) is 0.231. The maximum absolute atomic E-state index is 11.9. The number of nitrogens with one attached hydrogen (secondary N) is 2. The minimum absolute atomic E-state index is 0.0877. The summed E-state index contributed by atoms with van der Waals surface area (Å²) in [4.78, 5) is 19.2. The molecule has 3 N–H and O–H groups in total. The van der Waals surface area contributed by atoms with Gasteiger partial charge in [-0.05, 0) is 24.3 Å². The van der Waals surface area contributed by atoms with Crippen molar-refractivity contribution in [1.29, 1.82) is 0 Å². The molecule has 1 aliphatic rings. The average molecular weight is 243 g/mol. The number of aromatic nitrogens is 2. The summed E-state index contributed by atoms with van der Waals surface area (Å²) in [5.74, 6) is 0.754. The summed E-state index contributed by atoms with van der Waals surface area (Å²) in [6, 6.07) is 6.63. The lowest BCUT2D eigenvalue weighted by molar-refractivity contribution is 0.475. The van der Waals surface area contributed by atoms with Crippen molar-refractivity contribution in [3.63, 3.8) is 0 Å². The van der Waals surface area contributed by atoms with Crippen molar-refractivity contribution >= 4 is 0 Å². The van der Waals surface area contributed by atoms with Crippen molar-refractivity contribution < 1.29 is 5.11 Å². The second kappa shape index (κ2) is 4.27. The first-order valence-electron chi connectivity index (χ1n) is 5.86. The highest BCUT2D eigenvalue weighted by Gasteiger charge is 2.15. The molecular weight excluding hydrogens is 230 g/mol. The predicted molar refractivity (Wildman–Crippen MR) is 67.4 cm³/mol. The molecular formula is C13H13N3O2. The first-order valence-corrected chi connectivity index (χ1v) is 5.86. The van der Waals surface area contributed by atoms with Crippen molar-refractivity contribution in [2.75, 3.05) is 6.54 Å². The lowest BCUT2D eigenvalue weighted by atomic mass is 10.1. The predicted octanol–water partition coefficient (Wildman–Crippen LogP) is 0.788. The van der Waals surface area contributed by atoms with Gasteiger partial charge in [0.05, 0.1) is 11.3 Å². The van der Waals surface area contributed by atoms with E-state index in [1.807, 2.05) is 0 Å². The third-order valence-corrected chi connectivity index (χ3v) is 3.08. The number of aromatic hydroxyl groups is 1. The van der Waals surface area contributed by atoms with Gasteiger partial charge in [0.25, 0.3) is 5.56 Å². The number of benzene rings is 1. The fourth-order valence-electron chi connectivity index (χ4n) is 2.11. The quantitative estimate of drug-likeness (QED) is 0.692. The van der Waals surface area contributed by atoms with E-state index in [2.05, 4.69) is 15.3 Å². The van der Waals surface area contributed by atoms with Gasteiger partial charge in [-0.2, -0.15) is 0 Å². The summed E-state index contributed by atoms with van der Waals surface area (Å²) in [5.41, 5.74) is 2.30. The Morgan fingerprint density at radius 3 is 2.78 bits per heavy atom. The Labute approximate surface area is 104 Å². The molecule has 1 aliphatic heterocycles. The Hall–Kier alpha value is -2.14. The van der Waals surface area contributed by atoms with E-state index in [1.165, 1.54) is 0 Å². The summed E-state index contributed by atoms with van der Waals surface area (Å²) in [6.45, 7) is 1.42. The summed E-state index contributed by atoms with van der Waals surface area (Å²) in [7, 11) is 0. The van der Waals surface area contributed by atoms with Crippen LogP contribution in [0.1, 0.15) is 11.3 Å². The van der Waals surface area contributed by atoms with E-state index in [1.54, 1.807) is 24.3 Å². The van der Waals surface area contributed by atoms with Gasteiger partial charge < -0.3 is 15.4 Å². The summed E-state index contributed by atoms with van der Waals surface area (Å²) >= 11 is 0. The molecule has 5 heteroatoms. The van der Waals surface area contributed by atoms with Crippen LogP contribution < -0.4 is 10.9 Å². The number of phenolic OH excluding ortho intramolecular Hbond substituents is 1. The van der Waals surface area contributed by atoms with Crippen molar-refractivity contribution in [2.45, 2.75) is 13.0 Å². The van der Waals surface area contributed by atoms with Crippen LogP contribution in [0.5, 0.6) is 5.75 Å². The van der Waals surface area contributed by atoms with Crippen LogP contribution in [0.3, 0.4) is 0 Å². The molecule has 1 aromatic carbocycles. The third-order valence-electron chi connectivity index (χ3n) is 3.08. The van der Waals surface area contributed by atoms with Crippen LogP contribution in [0.2, 0.25) is 0 Å². The number of hydrogen-bond donors (Lipinski definition) is 3. The number of rotatable bonds is 1. The summed E-state index contributed by atoms with van der Waals surface area (Å²) in [6.07, 6.45) is 0.768. The molecule has 0 fully saturated rings. The molecule has 3 rings (SSSR count). The minimum atomic E-state index is -0.0877. The zero-order chi connectivity index (χ0) is 12.5. The van der Waals surface area contributed by atoms with Crippen LogP contribution in [0, 0.1) is 0 Å². The van der Waals surface area contributed by atoms with E-state index in [0.717, 1.165) is 29.8 Å². The van der Waals surface area contributed by atoms with Crippen molar-refractivity contribution in [2.24, 2.45) is 0 Å². The van der Waals surface area contributed by atoms with Crippen LogP contribution in [0.15, 0.2) is 29.1 Å². The molecule has 0 amide bonds. The smallest absolute Gasteiger partial charge is 0.255 e. The monoisotopic (exact) mass is 243 g/mol. The molecule has 0 radical (unpaired) electrons. The first-order chi connectivity index (χ1) is 8.74. The SMILES string of the molecule is O=c1[nH]c(-c2ccc(O)cc2)nc2c1CNCC2. The Morgan fingerprint density at radius 2 is 2.00 bits per heavy atom. The molecule has 2 heterocycles. The van der Waals surface area contributed by atoms with Crippen molar-refractivity contribution in [1.82, 2.24) is 15.3 Å². The van der Waals surface area contributed by atoms with Gasteiger partial charge in [0.2, 0.25) is 0 Å². The topological polar surface area (TPSA) is 78.0 Å². The van der Waals surface area contributed by atoms with Gasteiger partial charge >= 0.3 is 0 Å². The second-order valence-corrected chi connectivity index (χ2v) is 4.31. The normalized spacial score (nSPS) is 14.2. The van der Waals surface area contributed by atoms with E-state index in [9.17, 15) is 9.90 Å². The van der Waals surface area contributed by atoms with Crippen LogP contribution >= 0.6 is 0 Å². The molecule has 0 unspecified atom stereocenters. The van der Waals surface area contributed by atoms with Gasteiger partial charge in [0.15, 0.2) is 0 Å². The van der Waals surface area contributed by atoms with E-state index >= 15 is 0 Å². The molecule has 18 heavy (non-hydrogen) atoms. The van der Waals surface area contributed by atoms with Gasteiger partial charge in [0, 0.05) is 25.1 Å². The van der Waals surface area contributed by atoms with Crippen LogP contribution in [0.4, 0.5) is 0 Å². The highest BCUT2D eigenvalue weighted by atomic mass is 16.3. The lowest BCUT2D eigenvalue weighted by Gasteiger charge is -2.15. The number of H-pyrrole nitrogens is 1. The molecule has 0 atom stereocenters. The molecule has 5 nitrogen and oxygen atoms in total. The standard InChI is InChI=1S/C13H13N3O2/c17-9-3-1-8(2-4-9)12-15-11-5-6-14-7-10(11)13(18)16-12/h1-4,14,17H,5-7H2,(H,15,16,18). The number of fused-ring (bicyclic) bond motifs is 1. The minimum Gasteiger partial charge on any atom is -0.508 e. The van der Waals surface area contributed by atoms with Crippen LogP contribution in [0.25, 0.3) is 11.4 Å². The molecule has 2 aromatic rings. The van der Waals surface area contributed by atoms with Crippen LogP contribution in [-0.2, 0) is 13.0 Å². The Morgan fingerprint density at radius 1 is 1.22 bits per heavy atom. The third kappa shape index (κ3) is 1.89. The van der Waals surface area contributed by atoms with Gasteiger partial charge in [-0.3, -0.25) is 4.79 Å². The molecule has 0 saturated heterocycles. The zero-order valence-corrected chi connectivity index (χ0v) is 9.73. The summed E-state index contributed by atoms with van der Waals surface area (Å²) < 4.78 is 0. The maximum Gasteiger partial charge on any atom is 0.255 e. The molecule has 0 bridgehead atoms. The van der Waals surface area contributed by atoms with Gasteiger partial charge in [-0.25, -0.2) is 4.98 Å². The second-order valence-electron chi connectivity index (χ2n) is 4.31. The largest absolute Gasteiger partial charge is 0.508 e. The lowest BCUT2D eigenvalue weighted by Crippen LogP contribution is -2.31. The fourth-order valence-corrected chi connectivity index (χ4v) is 2.11. The number of phenols is 1. The average Bonchev–Trinajstić information content (AvgIpc) is 2.39. The molecule has 0 saturated carbocycles. The van der Waals surface area contributed by atoms with Crippen LogP contribution in [-0.4, -0.2) is 21.6 Å². The van der Waals surface area contributed by atoms with E-state index < -0.39 is 0 Å². The zero-order valence-electron chi connectivity index (χ0n) is 9.73. The van der Waals surface area contributed by atoms with Crippen molar-refractivity contribution in [3.05, 3.63) is 45.9 Å². The van der Waals surface area contributed by atoms with Gasteiger partial charge in [-0.1, -0.05) is 0 Å². The molecule has 0 spiro atoms. The van der Waals surface area contributed by atoms with E-state index in [-0.39, 0.29) is 11.3 Å². The highest BCUT2D eigenvalue weighted by Crippen LogP contribution is 2.19. The molecule has 1 aromatic heterocycles. The number of hydrogen-bond acceptors (Lipinski definition) is 4. The molecule has 92 valence electrons. The Kier molecular flexibility index (Phi) is 2.60. The first kappa shape index (κ1) is 11.0. The van der Waals surface area contributed by atoms with Crippen molar-refractivity contribution in [3.8, 4) is 17.1 Å². The Balaban J connectivity index is 2.11. The number of nitrogens with zero attached hydrogens (tertiary/aromatic N) is 1. The van der Waals surface area contributed by atoms with E-state index in [0.29, 0.717) is 12.4 Å². The van der Waals surface area contributed by atoms with E-state index in [4.69, 9.17) is 0 Å². The molecule has 0 aliphatic carbocycles. The number of aromatic amines is 1. The maximum atomic E-state index is 11.9.